The largest absolute Gasteiger partial charge is 0.495 e. The third-order valence-corrected chi connectivity index (χ3v) is 3.14. The van der Waals surface area contributed by atoms with Crippen molar-refractivity contribution in [2.45, 2.75) is 0 Å². The molecule has 0 aliphatic rings. The number of carbonyl (C=O) groups excluding carboxylic acids is 1. The summed E-state index contributed by atoms with van der Waals surface area (Å²) in [6.45, 7) is 0. The molecule has 6 heteroatoms. The fourth-order valence-electron chi connectivity index (χ4n) is 1.77. The Morgan fingerprint density at radius 1 is 1.19 bits per heavy atom. The number of rotatable bonds is 4. The first-order valence-corrected chi connectivity index (χ1v) is 6.38. The van der Waals surface area contributed by atoms with Crippen molar-refractivity contribution < 1.29 is 19.4 Å². The molecular weight excluding hydrogens is 294 g/mol. The Balaban J connectivity index is 2.34. The van der Waals surface area contributed by atoms with Crippen molar-refractivity contribution in [1.82, 2.24) is 0 Å². The first-order valence-electron chi connectivity index (χ1n) is 6.00. The van der Waals surface area contributed by atoms with Gasteiger partial charge >= 0.3 is 5.97 Å². The number of methoxy groups -OCH3 is 1. The second kappa shape index (κ2) is 6.28. The molecule has 108 valence electrons. The standard InChI is InChI=1S/C15H12ClNO4/c1-21-13-7-6-9(15(19)20)8-12(13)17-14(18)10-4-2-3-5-11(10)16/h2-8H,1H3,(H,17,18)(H,19,20). The quantitative estimate of drug-likeness (QED) is 0.908. The molecule has 0 saturated heterocycles. The van der Waals surface area contributed by atoms with Gasteiger partial charge in [0.25, 0.3) is 5.91 Å². The van der Waals surface area contributed by atoms with Crippen LogP contribution in [0, 0.1) is 0 Å². The van der Waals surface area contributed by atoms with Crippen LogP contribution in [0.2, 0.25) is 5.02 Å². The summed E-state index contributed by atoms with van der Waals surface area (Å²) in [4.78, 5) is 23.2. The van der Waals surface area contributed by atoms with Crippen LogP contribution in [0.15, 0.2) is 42.5 Å². The van der Waals surface area contributed by atoms with E-state index in [4.69, 9.17) is 21.4 Å². The molecule has 5 nitrogen and oxygen atoms in total. The van der Waals surface area contributed by atoms with Gasteiger partial charge in [0.2, 0.25) is 0 Å². The Labute approximate surface area is 126 Å². The minimum atomic E-state index is -1.09. The van der Waals surface area contributed by atoms with Gasteiger partial charge in [0.1, 0.15) is 5.75 Å². The van der Waals surface area contributed by atoms with E-state index in [9.17, 15) is 9.59 Å². The number of anilines is 1. The van der Waals surface area contributed by atoms with Gasteiger partial charge in [-0.3, -0.25) is 4.79 Å². The van der Waals surface area contributed by atoms with Crippen LogP contribution in [0.25, 0.3) is 0 Å². The van der Waals surface area contributed by atoms with E-state index in [1.807, 2.05) is 0 Å². The zero-order valence-corrected chi connectivity index (χ0v) is 11.8. The van der Waals surface area contributed by atoms with Crippen LogP contribution in [0.5, 0.6) is 5.75 Å². The van der Waals surface area contributed by atoms with Gasteiger partial charge in [-0.05, 0) is 30.3 Å². The zero-order valence-electron chi connectivity index (χ0n) is 11.1. The average Bonchev–Trinajstić information content (AvgIpc) is 2.47. The van der Waals surface area contributed by atoms with Crippen molar-refractivity contribution >= 4 is 29.2 Å². The highest BCUT2D eigenvalue weighted by Gasteiger charge is 2.14. The monoisotopic (exact) mass is 305 g/mol. The van der Waals surface area contributed by atoms with Crippen molar-refractivity contribution in [2.24, 2.45) is 0 Å². The third-order valence-electron chi connectivity index (χ3n) is 2.81. The Hall–Kier alpha value is -2.53. The summed E-state index contributed by atoms with van der Waals surface area (Å²) < 4.78 is 5.11. The number of ether oxygens (including phenoxy) is 1. The normalized spacial score (nSPS) is 10.0. The van der Waals surface area contributed by atoms with E-state index in [1.165, 1.54) is 25.3 Å². The summed E-state index contributed by atoms with van der Waals surface area (Å²) >= 11 is 5.95. The van der Waals surface area contributed by atoms with Crippen molar-refractivity contribution in [3.8, 4) is 5.75 Å². The Morgan fingerprint density at radius 2 is 1.90 bits per heavy atom. The van der Waals surface area contributed by atoms with Crippen molar-refractivity contribution in [3.63, 3.8) is 0 Å². The lowest BCUT2D eigenvalue weighted by atomic mass is 10.1. The first-order chi connectivity index (χ1) is 10.0. The number of amides is 1. The van der Waals surface area contributed by atoms with Gasteiger partial charge in [-0.1, -0.05) is 23.7 Å². The Kier molecular flexibility index (Phi) is 4.45. The van der Waals surface area contributed by atoms with Gasteiger partial charge in [-0.2, -0.15) is 0 Å². The highest BCUT2D eigenvalue weighted by molar-refractivity contribution is 6.34. The molecule has 0 fully saturated rings. The van der Waals surface area contributed by atoms with Crippen molar-refractivity contribution in [2.75, 3.05) is 12.4 Å². The number of halogens is 1. The molecule has 1 amide bonds. The van der Waals surface area contributed by atoms with E-state index in [0.717, 1.165) is 0 Å². The molecule has 0 aromatic heterocycles. The molecule has 0 saturated carbocycles. The van der Waals surface area contributed by atoms with Crippen LogP contribution in [0.1, 0.15) is 20.7 Å². The topological polar surface area (TPSA) is 75.6 Å². The molecule has 21 heavy (non-hydrogen) atoms. The molecule has 0 radical (unpaired) electrons. The van der Waals surface area contributed by atoms with Gasteiger partial charge in [-0.15, -0.1) is 0 Å². The van der Waals surface area contributed by atoms with E-state index >= 15 is 0 Å². The van der Waals surface area contributed by atoms with Crippen LogP contribution in [0.3, 0.4) is 0 Å². The number of carboxylic acid groups (broad SMARTS) is 1. The molecule has 0 aliphatic carbocycles. The van der Waals surface area contributed by atoms with E-state index in [2.05, 4.69) is 5.32 Å². The number of hydrogen-bond acceptors (Lipinski definition) is 3. The predicted octanol–water partition coefficient (Wildman–Crippen LogP) is 3.30. The summed E-state index contributed by atoms with van der Waals surface area (Å²) in [6, 6.07) is 10.8. The summed E-state index contributed by atoms with van der Waals surface area (Å²) in [7, 11) is 1.43. The second-order valence-electron chi connectivity index (χ2n) is 4.15. The highest BCUT2D eigenvalue weighted by atomic mass is 35.5. The van der Waals surface area contributed by atoms with Gasteiger partial charge < -0.3 is 15.2 Å². The molecule has 2 aromatic rings. The fourth-order valence-corrected chi connectivity index (χ4v) is 2.00. The average molecular weight is 306 g/mol. The molecule has 0 unspecified atom stereocenters. The summed E-state index contributed by atoms with van der Waals surface area (Å²) in [5, 5.41) is 11.9. The molecular formula is C15H12ClNO4. The molecule has 0 atom stereocenters. The van der Waals surface area contributed by atoms with Crippen LogP contribution >= 0.6 is 11.6 Å². The minimum absolute atomic E-state index is 0.0465. The number of hydrogen-bond donors (Lipinski definition) is 2. The van der Waals surface area contributed by atoms with Gasteiger partial charge in [0.05, 0.1) is 28.9 Å². The fraction of sp³-hybridized carbons (Fsp3) is 0.0667. The molecule has 0 heterocycles. The third kappa shape index (κ3) is 3.32. The van der Waals surface area contributed by atoms with Crippen LogP contribution in [-0.4, -0.2) is 24.1 Å². The van der Waals surface area contributed by atoms with E-state index in [0.29, 0.717) is 16.3 Å². The Bertz CT molecular complexity index is 700. The lowest BCUT2D eigenvalue weighted by Crippen LogP contribution is -2.13. The number of carboxylic acids is 1. The maximum atomic E-state index is 12.2. The molecule has 2 aromatic carbocycles. The number of nitrogens with one attached hydrogen (secondary N) is 1. The van der Waals surface area contributed by atoms with Crippen LogP contribution < -0.4 is 10.1 Å². The lowest BCUT2D eigenvalue weighted by molar-refractivity contribution is 0.0696. The Morgan fingerprint density at radius 3 is 2.52 bits per heavy atom. The molecule has 0 bridgehead atoms. The predicted molar refractivity (Wildman–Crippen MR) is 79.4 cm³/mol. The number of aromatic carboxylic acids is 1. The SMILES string of the molecule is COc1ccc(C(=O)O)cc1NC(=O)c1ccccc1Cl. The maximum Gasteiger partial charge on any atom is 0.335 e. The van der Waals surface area contributed by atoms with E-state index in [-0.39, 0.29) is 11.3 Å². The van der Waals surface area contributed by atoms with Gasteiger partial charge in [-0.25, -0.2) is 4.79 Å². The van der Waals surface area contributed by atoms with E-state index < -0.39 is 11.9 Å². The maximum absolute atomic E-state index is 12.2. The molecule has 0 aliphatic heterocycles. The van der Waals surface area contributed by atoms with Crippen LogP contribution in [0.4, 0.5) is 5.69 Å². The summed E-state index contributed by atoms with van der Waals surface area (Å²) in [6.07, 6.45) is 0. The summed E-state index contributed by atoms with van der Waals surface area (Å²) in [5.41, 5.74) is 0.606. The van der Waals surface area contributed by atoms with Crippen molar-refractivity contribution in [3.05, 3.63) is 58.6 Å². The second-order valence-corrected chi connectivity index (χ2v) is 4.56. The van der Waals surface area contributed by atoms with Gasteiger partial charge in [0.15, 0.2) is 0 Å². The zero-order chi connectivity index (χ0) is 15.4. The minimum Gasteiger partial charge on any atom is -0.495 e. The molecule has 2 N–H and O–H groups in total. The van der Waals surface area contributed by atoms with Crippen molar-refractivity contribution in [1.29, 1.82) is 0 Å². The lowest BCUT2D eigenvalue weighted by Gasteiger charge is -2.11. The van der Waals surface area contributed by atoms with Gasteiger partial charge in [0, 0.05) is 0 Å². The highest BCUT2D eigenvalue weighted by Crippen LogP contribution is 2.27. The number of benzene rings is 2. The number of carbonyl (C=O) groups is 2. The molecule has 2 rings (SSSR count). The first kappa shape index (κ1) is 14.9. The van der Waals surface area contributed by atoms with E-state index in [1.54, 1.807) is 24.3 Å². The molecule has 0 spiro atoms. The summed E-state index contributed by atoms with van der Waals surface area (Å²) in [5.74, 6) is -1.17. The smallest absolute Gasteiger partial charge is 0.335 e. The van der Waals surface area contributed by atoms with Crippen LogP contribution in [-0.2, 0) is 0 Å².